The Hall–Kier alpha value is -2.25. The molecule has 1 aromatic carbocycles. The quantitative estimate of drug-likeness (QED) is 0.855. The molecular formula is C18H23N3O3S. The summed E-state index contributed by atoms with van der Waals surface area (Å²) in [5, 5.41) is 5.20. The van der Waals surface area contributed by atoms with E-state index in [1.165, 1.54) is 12.1 Å². The zero-order chi connectivity index (χ0) is 18.6. The van der Waals surface area contributed by atoms with E-state index < -0.39 is 10.0 Å². The fourth-order valence-corrected chi connectivity index (χ4v) is 3.04. The van der Waals surface area contributed by atoms with Crippen LogP contribution in [-0.2, 0) is 16.6 Å². The van der Waals surface area contributed by atoms with Gasteiger partial charge in [0.1, 0.15) is 0 Å². The summed E-state index contributed by atoms with van der Waals surface area (Å²) >= 11 is 0. The first-order valence-corrected chi connectivity index (χ1v) is 9.62. The van der Waals surface area contributed by atoms with E-state index >= 15 is 0 Å². The molecule has 1 heterocycles. The smallest absolute Gasteiger partial charge is 0.254 e. The highest BCUT2D eigenvalue weighted by molar-refractivity contribution is 7.89. The molecule has 0 fully saturated rings. The number of carbonyl (C=O) groups is 1. The number of pyridine rings is 1. The summed E-state index contributed by atoms with van der Waals surface area (Å²) in [7, 11) is -3.87. The molecular weight excluding hydrogens is 338 g/mol. The van der Waals surface area contributed by atoms with Gasteiger partial charge in [0, 0.05) is 30.5 Å². The summed E-state index contributed by atoms with van der Waals surface area (Å²) in [5.74, 6) is -0.214. The molecule has 0 aliphatic heterocycles. The Morgan fingerprint density at radius 3 is 2.44 bits per heavy atom. The molecule has 134 valence electrons. The van der Waals surface area contributed by atoms with E-state index in [2.05, 4.69) is 4.98 Å². The lowest BCUT2D eigenvalue weighted by molar-refractivity contribution is 0.0670. The maximum atomic E-state index is 13.1. The van der Waals surface area contributed by atoms with Crippen molar-refractivity contribution in [1.82, 2.24) is 9.88 Å². The molecule has 2 aromatic rings. The third-order valence-corrected chi connectivity index (χ3v) is 5.16. The minimum absolute atomic E-state index is 0.00166. The molecule has 2 N–H and O–H groups in total. The summed E-state index contributed by atoms with van der Waals surface area (Å²) in [4.78, 5) is 18.8. The highest BCUT2D eigenvalue weighted by Gasteiger charge is 2.23. The largest absolute Gasteiger partial charge is 0.332 e. The maximum Gasteiger partial charge on any atom is 0.254 e. The SMILES string of the molecule is CC[C@@H](C)N(Cc1ccncc1)C(=O)c1cc(S(N)(=O)=O)ccc1C. The Bertz CT molecular complexity index is 851. The number of benzene rings is 1. The van der Waals surface area contributed by atoms with E-state index in [1.807, 2.05) is 26.0 Å². The van der Waals surface area contributed by atoms with Crippen LogP contribution in [0.15, 0.2) is 47.6 Å². The molecule has 6 nitrogen and oxygen atoms in total. The van der Waals surface area contributed by atoms with E-state index in [-0.39, 0.29) is 16.8 Å². The average molecular weight is 361 g/mol. The topological polar surface area (TPSA) is 93.4 Å². The zero-order valence-corrected chi connectivity index (χ0v) is 15.5. The van der Waals surface area contributed by atoms with Crippen LogP contribution in [0.4, 0.5) is 0 Å². The van der Waals surface area contributed by atoms with Crippen LogP contribution < -0.4 is 5.14 Å². The summed E-state index contributed by atoms with van der Waals surface area (Å²) in [6.45, 7) is 6.18. The van der Waals surface area contributed by atoms with Crippen LogP contribution in [-0.4, -0.2) is 30.3 Å². The molecule has 1 atom stereocenters. The maximum absolute atomic E-state index is 13.1. The van der Waals surface area contributed by atoms with Gasteiger partial charge >= 0.3 is 0 Å². The first kappa shape index (κ1) is 19.1. The summed E-state index contributed by atoms with van der Waals surface area (Å²) in [6, 6.07) is 8.09. The minimum Gasteiger partial charge on any atom is -0.332 e. The number of sulfonamides is 1. The van der Waals surface area contributed by atoms with Crippen LogP contribution in [0.25, 0.3) is 0 Å². The van der Waals surface area contributed by atoms with E-state index in [9.17, 15) is 13.2 Å². The van der Waals surface area contributed by atoms with Crippen molar-refractivity contribution >= 4 is 15.9 Å². The minimum atomic E-state index is -3.87. The molecule has 0 saturated carbocycles. The first-order chi connectivity index (χ1) is 11.7. The summed E-state index contributed by atoms with van der Waals surface area (Å²) in [6.07, 6.45) is 4.15. The number of rotatable bonds is 6. The van der Waals surface area contributed by atoms with E-state index in [0.717, 1.165) is 12.0 Å². The van der Waals surface area contributed by atoms with Crippen LogP contribution in [0, 0.1) is 6.92 Å². The normalized spacial score (nSPS) is 12.6. The highest BCUT2D eigenvalue weighted by atomic mass is 32.2. The number of nitrogens with two attached hydrogens (primary N) is 1. The number of carbonyl (C=O) groups excluding carboxylic acids is 1. The molecule has 1 aromatic heterocycles. The van der Waals surface area contributed by atoms with Gasteiger partial charge in [-0.15, -0.1) is 0 Å². The Balaban J connectivity index is 2.43. The lowest BCUT2D eigenvalue weighted by Crippen LogP contribution is -2.38. The first-order valence-electron chi connectivity index (χ1n) is 8.07. The van der Waals surface area contributed by atoms with E-state index in [4.69, 9.17) is 5.14 Å². The predicted molar refractivity (Wildman–Crippen MR) is 96.4 cm³/mol. The van der Waals surface area contributed by atoms with Gasteiger partial charge in [-0.3, -0.25) is 9.78 Å². The second-order valence-electron chi connectivity index (χ2n) is 6.07. The lowest BCUT2D eigenvalue weighted by atomic mass is 10.1. The van der Waals surface area contributed by atoms with Crippen molar-refractivity contribution in [2.75, 3.05) is 0 Å². The van der Waals surface area contributed by atoms with Crippen molar-refractivity contribution in [3.8, 4) is 0 Å². The molecule has 0 bridgehead atoms. The molecule has 7 heteroatoms. The van der Waals surface area contributed by atoms with Crippen molar-refractivity contribution in [1.29, 1.82) is 0 Å². The fraction of sp³-hybridized carbons (Fsp3) is 0.333. The number of amides is 1. The summed E-state index contributed by atoms with van der Waals surface area (Å²) < 4.78 is 23.2. The standard InChI is InChI=1S/C18H23N3O3S/c1-4-14(3)21(12-15-7-9-20-10-8-15)18(22)17-11-16(25(19,23)24)6-5-13(17)2/h5-11,14H,4,12H2,1-3H3,(H2,19,23,24)/t14-/m1/s1. The molecule has 0 unspecified atom stereocenters. The number of aromatic nitrogens is 1. The Labute approximate surface area is 148 Å². The van der Waals surface area contributed by atoms with Crippen LogP contribution in [0.3, 0.4) is 0 Å². The van der Waals surface area contributed by atoms with Crippen molar-refractivity contribution < 1.29 is 13.2 Å². The number of primary sulfonamides is 1. The van der Waals surface area contributed by atoms with Gasteiger partial charge in [0.2, 0.25) is 10.0 Å². The summed E-state index contributed by atoms with van der Waals surface area (Å²) in [5.41, 5.74) is 2.02. The molecule has 0 aliphatic carbocycles. The van der Waals surface area contributed by atoms with Gasteiger partial charge in [-0.05, 0) is 55.7 Å². The van der Waals surface area contributed by atoms with Crippen molar-refractivity contribution in [3.05, 3.63) is 59.4 Å². The van der Waals surface area contributed by atoms with Crippen molar-refractivity contribution in [2.24, 2.45) is 5.14 Å². The molecule has 0 saturated heterocycles. The zero-order valence-electron chi connectivity index (χ0n) is 14.6. The van der Waals surface area contributed by atoms with Gasteiger partial charge in [-0.25, -0.2) is 13.6 Å². The molecule has 2 rings (SSSR count). The van der Waals surface area contributed by atoms with Gasteiger partial charge in [0.15, 0.2) is 0 Å². The highest BCUT2D eigenvalue weighted by Crippen LogP contribution is 2.20. The van der Waals surface area contributed by atoms with E-state index in [1.54, 1.807) is 30.3 Å². The lowest BCUT2D eigenvalue weighted by Gasteiger charge is -2.29. The molecule has 1 amide bonds. The van der Waals surface area contributed by atoms with Crippen LogP contribution in [0.1, 0.15) is 41.8 Å². The van der Waals surface area contributed by atoms with Gasteiger partial charge < -0.3 is 4.90 Å². The molecule has 0 aliphatic rings. The van der Waals surface area contributed by atoms with E-state index in [0.29, 0.717) is 17.7 Å². The van der Waals surface area contributed by atoms with Gasteiger partial charge in [-0.1, -0.05) is 13.0 Å². The molecule has 25 heavy (non-hydrogen) atoms. The van der Waals surface area contributed by atoms with Gasteiger partial charge in [0.05, 0.1) is 4.90 Å². The number of nitrogens with zero attached hydrogens (tertiary/aromatic N) is 2. The Kier molecular flexibility index (Phi) is 5.92. The third-order valence-electron chi connectivity index (χ3n) is 4.25. The fourth-order valence-electron chi connectivity index (χ4n) is 2.50. The number of hydrogen-bond donors (Lipinski definition) is 1. The van der Waals surface area contributed by atoms with Crippen molar-refractivity contribution in [3.63, 3.8) is 0 Å². The van der Waals surface area contributed by atoms with Gasteiger partial charge in [-0.2, -0.15) is 0 Å². The monoisotopic (exact) mass is 361 g/mol. The third kappa shape index (κ3) is 4.64. The number of aryl methyl sites for hydroxylation is 1. The van der Waals surface area contributed by atoms with Crippen LogP contribution in [0.2, 0.25) is 0 Å². The Morgan fingerprint density at radius 2 is 1.88 bits per heavy atom. The Morgan fingerprint density at radius 1 is 1.24 bits per heavy atom. The van der Waals surface area contributed by atoms with Gasteiger partial charge in [0.25, 0.3) is 5.91 Å². The second-order valence-corrected chi connectivity index (χ2v) is 7.63. The molecule has 0 spiro atoms. The predicted octanol–water partition coefficient (Wildman–Crippen LogP) is 2.48. The van der Waals surface area contributed by atoms with Crippen LogP contribution >= 0.6 is 0 Å². The molecule has 0 radical (unpaired) electrons. The number of hydrogen-bond acceptors (Lipinski definition) is 4. The van der Waals surface area contributed by atoms with Crippen molar-refractivity contribution in [2.45, 2.75) is 44.7 Å². The average Bonchev–Trinajstić information content (AvgIpc) is 2.58. The van der Waals surface area contributed by atoms with Crippen LogP contribution in [0.5, 0.6) is 0 Å². The second kappa shape index (κ2) is 7.76.